The molecule has 2 rings (SSSR count). The molecule has 0 aliphatic heterocycles. The van der Waals surface area contributed by atoms with Crippen LogP contribution in [0.4, 0.5) is 5.69 Å². The average Bonchev–Trinajstić information content (AvgIpc) is 2.83. The second-order valence-corrected chi connectivity index (χ2v) is 6.67. The normalized spacial score (nSPS) is 11.5. The molecule has 5 nitrogen and oxygen atoms in total. The number of hydrogen-bond donors (Lipinski definition) is 3. The number of sulfonamides is 1. The molecule has 0 amide bonds. The number of nitrogens with one attached hydrogen (secondary N) is 2. The lowest BCUT2D eigenvalue weighted by Crippen LogP contribution is -2.12. The van der Waals surface area contributed by atoms with Gasteiger partial charge in [0.15, 0.2) is 0 Å². The van der Waals surface area contributed by atoms with Gasteiger partial charge in [-0.15, -0.1) is 0 Å². The number of benzene rings is 1. The summed E-state index contributed by atoms with van der Waals surface area (Å²) in [6.07, 6.45) is 1.43. The summed E-state index contributed by atoms with van der Waals surface area (Å²) in [4.78, 5) is 2.99. The fourth-order valence-corrected chi connectivity index (χ4v) is 2.93. The first-order chi connectivity index (χ1) is 8.92. The van der Waals surface area contributed by atoms with E-state index in [0.717, 1.165) is 10.0 Å². The van der Waals surface area contributed by atoms with E-state index in [-0.39, 0.29) is 11.4 Å². The minimum atomic E-state index is -3.58. The highest BCUT2D eigenvalue weighted by molar-refractivity contribution is 9.10. The molecule has 7 heteroatoms. The fourth-order valence-electron chi connectivity index (χ4n) is 1.61. The molecule has 0 spiro atoms. The highest BCUT2D eigenvalue weighted by atomic mass is 79.9. The van der Waals surface area contributed by atoms with Crippen LogP contribution in [0, 0.1) is 6.92 Å². The Bertz CT molecular complexity index is 695. The second-order valence-electron chi connectivity index (χ2n) is 4.13. The molecule has 0 saturated heterocycles. The molecule has 0 radical (unpaired) electrons. The molecule has 19 heavy (non-hydrogen) atoms. The van der Waals surface area contributed by atoms with Gasteiger partial charge in [0, 0.05) is 28.6 Å². The van der Waals surface area contributed by atoms with Gasteiger partial charge in [0.1, 0.15) is 4.90 Å². The Balaban J connectivity index is 2.28. The Hall–Kier alpha value is -1.31. The van der Waals surface area contributed by atoms with Crippen molar-refractivity contribution in [3.05, 3.63) is 46.2 Å². The Kier molecular flexibility index (Phi) is 3.98. The molecule has 102 valence electrons. The van der Waals surface area contributed by atoms with Gasteiger partial charge in [-0.25, -0.2) is 8.42 Å². The lowest BCUT2D eigenvalue weighted by molar-refractivity contribution is 0.601. The molecule has 4 N–H and O–H groups in total. The molecule has 0 saturated carbocycles. The molecule has 0 bridgehead atoms. The Labute approximate surface area is 120 Å². The number of aromatic nitrogens is 1. The summed E-state index contributed by atoms with van der Waals surface area (Å²) in [7, 11) is -3.58. The lowest BCUT2D eigenvalue weighted by atomic mass is 10.2. The number of aryl methyl sites for hydroxylation is 1. The number of rotatable bonds is 4. The third-order valence-corrected chi connectivity index (χ3v) is 4.91. The highest BCUT2D eigenvalue weighted by Crippen LogP contribution is 2.22. The summed E-state index contributed by atoms with van der Waals surface area (Å²) in [5.41, 5.74) is 7.60. The SMILES string of the molecule is Cc1cc(NS(=O)(=O)c2c[nH]c(CN)c2)ccc1Br. The predicted molar refractivity (Wildman–Crippen MR) is 78.4 cm³/mol. The number of halogens is 1. The van der Waals surface area contributed by atoms with Gasteiger partial charge in [-0.2, -0.15) is 0 Å². The van der Waals surface area contributed by atoms with Crippen LogP contribution in [0.1, 0.15) is 11.3 Å². The van der Waals surface area contributed by atoms with Crippen molar-refractivity contribution < 1.29 is 8.42 Å². The summed E-state index contributed by atoms with van der Waals surface area (Å²) in [6, 6.07) is 6.78. The minimum Gasteiger partial charge on any atom is -0.363 e. The van der Waals surface area contributed by atoms with Crippen LogP contribution in [0.5, 0.6) is 0 Å². The van der Waals surface area contributed by atoms with E-state index >= 15 is 0 Å². The first-order valence-electron chi connectivity index (χ1n) is 5.59. The molecule has 2 aromatic rings. The highest BCUT2D eigenvalue weighted by Gasteiger charge is 2.16. The van der Waals surface area contributed by atoms with Crippen molar-refractivity contribution in [2.24, 2.45) is 5.73 Å². The third kappa shape index (κ3) is 3.17. The molecule has 1 aromatic carbocycles. The van der Waals surface area contributed by atoms with Crippen molar-refractivity contribution in [2.75, 3.05) is 4.72 Å². The van der Waals surface area contributed by atoms with E-state index in [1.807, 2.05) is 6.92 Å². The van der Waals surface area contributed by atoms with Crippen LogP contribution in [0.3, 0.4) is 0 Å². The van der Waals surface area contributed by atoms with E-state index < -0.39 is 10.0 Å². The number of nitrogens with two attached hydrogens (primary N) is 1. The molecule has 0 aliphatic rings. The average molecular weight is 344 g/mol. The molecule has 1 aromatic heterocycles. The Morgan fingerprint density at radius 3 is 2.68 bits per heavy atom. The van der Waals surface area contributed by atoms with Crippen molar-refractivity contribution in [1.82, 2.24) is 4.98 Å². The summed E-state index contributed by atoms with van der Waals surface area (Å²) >= 11 is 3.37. The maximum Gasteiger partial charge on any atom is 0.263 e. The van der Waals surface area contributed by atoms with E-state index in [0.29, 0.717) is 11.4 Å². The number of hydrogen-bond acceptors (Lipinski definition) is 3. The standard InChI is InChI=1S/C12H14BrN3O2S/c1-8-4-9(2-3-12(8)13)16-19(17,18)11-5-10(6-14)15-7-11/h2-5,7,15-16H,6,14H2,1H3. The number of aromatic amines is 1. The molecule has 0 fully saturated rings. The van der Waals surface area contributed by atoms with Gasteiger partial charge in [0.05, 0.1) is 0 Å². The number of H-pyrrole nitrogens is 1. The van der Waals surface area contributed by atoms with Gasteiger partial charge in [0.2, 0.25) is 0 Å². The van der Waals surface area contributed by atoms with Crippen molar-refractivity contribution in [3.8, 4) is 0 Å². The molecular weight excluding hydrogens is 330 g/mol. The molecule has 0 unspecified atom stereocenters. The van der Waals surface area contributed by atoms with Crippen LogP contribution in [0.15, 0.2) is 39.8 Å². The minimum absolute atomic E-state index is 0.175. The van der Waals surface area contributed by atoms with Gasteiger partial charge in [-0.1, -0.05) is 15.9 Å². The van der Waals surface area contributed by atoms with Crippen LogP contribution >= 0.6 is 15.9 Å². The van der Waals surface area contributed by atoms with E-state index in [1.165, 1.54) is 12.3 Å². The Morgan fingerprint density at radius 1 is 1.37 bits per heavy atom. The molecule has 1 heterocycles. The topological polar surface area (TPSA) is 88.0 Å². The monoisotopic (exact) mass is 343 g/mol. The zero-order valence-electron chi connectivity index (χ0n) is 10.3. The molecule has 0 aliphatic carbocycles. The summed E-state index contributed by atoms with van der Waals surface area (Å²) in [5.74, 6) is 0. The summed E-state index contributed by atoms with van der Waals surface area (Å²) in [6.45, 7) is 2.16. The zero-order valence-corrected chi connectivity index (χ0v) is 12.7. The molecule has 0 atom stereocenters. The van der Waals surface area contributed by atoms with E-state index in [1.54, 1.807) is 18.2 Å². The van der Waals surface area contributed by atoms with Gasteiger partial charge in [-0.05, 0) is 36.8 Å². The van der Waals surface area contributed by atoms with Gasteiger partial charge in [0.25, 0.3) is 10.0 Å². The van der Waals surface area contributed by atoms with Crippen LogP contribution in [0.2, 0.25) is 0 Å². The first kappa shape index (κ1) is 14.1. The van der Waals surface area contributed by atoms with Gasteiger partial charge >= 0.3 is 0 Å². The maximum absolute atomic E-state index is 12.1. The summed E-state index contributed by atoms with van der Waals surface area (Å²) < 4.78 is 27.8. The second kappa shape index (κ2) is 5.36. The smallest absolute Gasteiger partial charge is 0.263 e. The Morgan fingerprint density at radius 2 is 2.11 bits per heavy atom. The van der Waals surface area contributed by atoms with Gasteiger partial charge in [-0.3, -0.25) is 4.72 Å². The largest absolute Gasteiger partial charge is 0.363 e. The van der Waals surface area contributed by atoms with Crippen molar-refractivity contribution in [2.45, 2.75) is 18.4 Å². The quantitative estimate of drug-likeness (QED) is 0.796. The third-order valence-electron chi connectivity index (χ3n) is 2.66. The summed E-state index contributed by atoms with van der Waals surface area (Å²) in [5, 5.41) is 0. The van der Waals surface area contributed by atoms with Crippen LogP contribution in [0.25, 0.3) is 0 Å². The van der Waals surface area contributed by atoms with E-state index in [4.69, 9.17) is 5.73 Å². The van der Waals surface area contributed by atoms with E-state index in [9.17, 15) is 8.42 Å². The zero-order chi connectivity index (χ0) is 14.0. The van der Waals surface area contributed by atoms with Crippen molar-refractivity contribution in [1.29, 1.82) is 0 Å². The van der Waals surface area contributed by atoms with Crippen LogP contribution in [-0.2, 0) is 16.6 Å². The maximum atomic E-state index is 12.1. The van der Waals surface area contributed by atoms with Crippen LogP contribution < -0.4 is 10.5 Å². The van der Waals surface area contributed by atoms with E-state index in [2.05, 4.69) is 25.6 Å². The fraction of sp³-hybridized carbons (Fsp3) is 0.167. The number of anilines is 1. The lowest BCUT2D eigenvalue weighted by Gasteiger charge is -2.08. The predicted octanol–water partition coefficient (Wildman–Crippen LogP) is 2.35. The van der Waals surface area contributed by atoms with Crippen LogP contribution in [-0.4, -0.2) is 13.4 Å². The molecular formula is C12H14BrN3O2S. The van der Waals surface area contributed by atoms with Gasteiger partial charge < -0.3 is 10.7 Å². The van der Waals surface area contributed by atoms with Crippen molar-refractivity contribution in [3.63, 3.8) is 0 Å². The van der Waals surface area contributed by atoms with Crippen molar-refractivity contribution >= 4 is 31.6 Å². The first-order valence-corrected chi connectivity index (χ1v) is 7.86.